The molecule has 11 heteroatoms. The van der Waals surface area contributed by atoms with Crippen LogP contribution in [0.1, 0.15) is 11.3 Å². The third-order valence-electron chi connectivity index (χ3n) is 5.38. The molecule has 1 aliphatic rings. The number of anilines is 1. The summed E-state index contributed by atoms with van der Waals surface area (Å²) < 4.78 is 38.2. The summed E-state index contributed by atoms with van der Waals surface area (Å²) in [4.78, 5) is 6.91. The monoisotopic (exact) mass is 527 g/mol. The first-order valence-electron chi connectivity index (χ1n) is 10.2. The highest BCUT2D eigenvalue weighted by Gasteiger charge is 2.31. The second-order valence-electron chi connectivity index (χ2n) is 7.46. The molecule has 0 spiro atoms. The van der Waals surface area contributed by atoms with Gasteiger partial charge >= 0.3 is 0 Å². The molecule has 1 aromatic heterocycles. The van der Waals surface area contributed by atoms with Gasteiger partial charge in [0.1, 0.15) is 16.4 Å². The predicted molar refractivity (Wildman–Crippen MR) is 132 cm³/mol. The molecule has 176 valence electrons. The average Bonchev–Trinajstić information content (AvgIpc) is 3.28. The summed E-state index contributed by atoms with van der Waals surface area (Å²) in [6.07, 6.45) is 0.645. The highest BCUT2D eigenvalue weighted by Crippen LogP contribution is 2.32. The Hall–Kier alpha value is -2.04. The zero-order valence-electron chi connectivity index (χ0n) is 18.1. The first kappa shape index (κ1) is 24.1. The summed E-state index contributed by atoms with van der Waals surface area (Å²) in [6.45, 7) is 1.76. The van der Waals surface area contributed by atoms with Crippen LogP contribution in [0.3, 0.4) is 0 Å². The Labute approximate surface area is 207 Å². The molecule has 0 unspecified atom stereocenters. The number of hydrogen-bond acceptors (Lipinski definition) is 7. The zero-order chi connectivity index (χ0) is 23.6. The summed E-state index contributed by atoms with van der Waals surface area (Å²) in [5.41, 5.74) is 1.98. The lowest BCUT2D eigenvalue weighted by Gasteiger charge is -2.34. The number of hydrogen-bond donors (Lipinski definition) is 0. The molecule has 0 atom stereocenters. The van der Waals surface area contributed by atoms with Crippen LogP contribution in [-0.4, -0.2) is 58.1 Å². The number of benzene rings is 2. The Bertz CT molecular complexity index is 1220. The molecule has 0 N–H and O–H groups in total. The van der Waals surface area contributed by atoms with E-state index < -0.39 is 10.0 Å². The van der Waals surface area contributed by atoms with Crippen LogP contribution < -0.4 is 14.4 Å². The van der Waals surface area contributed by atoms with E-state index in [9.17, 15) is 8.42 Å². The first-order chi connectivity index (χ1) is 15.8. The molecule has 33 heavy (non-hydrogen) atoms. The van der Waals surface area contributed by atoms with Crippen LogP contribution in [0.25, 0.3) is 0 Å². The van der Waals surface area contributed by atoms with Crippen LogP contribution in [0.5, 0.6) is 11.5 Å². The van der Waals surface area contributed by atoms with Gasteiger partial charge in [0.25, 0.3) is 0 Å². The number of sulfonamides is 1. The molecule has 1 fully saturated rings. The number of rotatable bonds is 7. The molecule has 0 aliphatic carbocycles. The third-order valence-corrected chi connectivity index (χ3v) is 9.20. The Kier molecular flexibility index (Phi) is 7.35. The fraction of sp³-hybridized carbons (Fsp3) is 0.318. The fourth-order valence-electron chi connectivity index (χ4n) is 3.64. The second-order valence-corrected chi connectivity index (χ2v) is 11.0. The van der Waals surface area contributed by atoms with E-state index in [1.165, 1.54) is 10.4 Å². The van der Waals surface area contributed by atoms with Gasteiger partial charge in [-0.2, -0.15) is 4.31 Å². The third kappa shape index (κ3) is 5.22. The topological polar surface area (TPSA) is 72.0 Å². The summed E-state index contributed by atoms with van der Waals surface area (Å²) >= 11 is 13.7. The average molecular weight is 528 g/mol. The van der Waals surface area contributed by atoms with Gasteiger partial charge in [-0.15, -0.1) is 11.3 Å². The minimum absolute atomic E-state index is 0.0374. The van der Waals surface area contributed by atoms with E-state index in [4.69, 9.17) is 37.7 Å². The van der Waals surface area contributed by atoms with Gasteiger partial charge in [0.05, 0.1) is 30.0 Å². The molecule has 1 aliphatic heterocycles. The Morgan fingerprint density at radius 3 is 2.33 bits per heavy atom. The molecule has 2 heterocycles. The lowest BCUT2D eigenvalue weighted by Crippen LogP contribution is -2.48. The van der Waals surface area contributed by atoms with Gasteiger partial charge in [0.15, 0.2) is 5.13 Å². The summed E-state index contributed by atoms with van der Waals surface area (Å²) in [5, 5.41) is 3.18. The largest absolute Gasteiger partial charge is 0.497 e. The van der Waals surface area contributed by atoms with Crippen LogP contribution in [-0.2, 0) is 16.4 Å². The van der Waals surface area contributed by atoms with E-state index in [0.29, 0.717) is 32.6 Å². The van der Waals surface area contributed by atoms with Gasteiger partial charge in [-0.1, -0.05) is 29.3 Å². The molecule has 0 saturated carbocycles. The fourth-order valence-corrected chi connectivity index (χ4v) is 6.68. The number of nitrogens with zero attached hydrogens (tertiary/aromatic N) is 3. The van der Waals surface area contributed by atoms with E-state index in [2.05, 4.69) is 4.90 Å². The van der Waals surface area contributed by atoms with Crippen LogP contribution in [0, 0.1) is 0 Å². The standard InChI is InChI=1S/C22H23Cl2N3O4S2/c1-30-17-11-15(12-18(13-17)31-2)10-16-14-32-22(25-16)26-6-8-27(9-7-26)33(28,29)20-5-3-4-19(23)21(20)24/h3-5,11-14H,6-10H2,1-2H3. The maximum absolute atomic E-state index is 13.0. The number of methoxy groups -OCH3 is 2. The zero-order valence-corrected chi connectivity index (χ0v) is 21.3. The molecule has 3 aromatic rings. The quantitative estimate of drug-likeness (QED) is 0.448. The Morgan fingerprint density at radius 2 is 1.70 bits per heavy atom. The van der Waals surface area contributed by atoms with Gasteiger partial charge in [-0.05, 0) is 29.8 Å². The predicted octanol–water partition coefficient (Wildman–Crippen LogP) is 4.57. The van der Waals surface area contributed by atoms with Crippen molar-refractivity contribution < 1.29 is 17.9 Å². The van der Waals surface area contributed by atoms with Gasteiger partial charge in [-0.3, -0.25) is 0 Å². The molecular weight excluding hydrogens is 505 g/mol. The maximum atomic E-state index is 13.0. The molecule has 0 bridgehead atoms. The number of ether oxygens (including phenoxy) is 2. The SMILES string of the molecule is COc1cc(Cc2csc(N3CCN(S(=O)(=O)c4cccc(Cl)c4Cl)CC3)n2)cc(OC)c1. The molecule has 4 rings (SSSR count). The van der Waals surface area contributed by atoms with Gasteiger partial charge in [0, 0.05) is 44.0 Å². The Morgan fingerprint density at radius 1 is 1.03 bits per heavy atom. The van der Waals surface area contributed by atoms with E-state index in [0.717, 1.165) is 27.9 Å². The lowest BCUT2D eigenvalue weighted by atomic mass is 10.1. The smallest absolute Gasteiger partial charge is 0.244 e. The van der Waals surface area contributed by atoms with Gasteiger partial charge < -0.3 is 14.4 Å². The van der Waals surface area contributed by atoms with E-state index in [1.54, 1.807) is 37.7 Å². The highest BCUT2D eigenvalue weighted by molar-refractivity contribution is 7.89. The first-order valence-corrected chi connectivity index (χ1v) is 13.2. The second kappa shape index (κ2) is 10.1. The van der Waals surface area contributed by atoms with Crippen molar-refractivity contribution >= 4 is 49.7 Å². The Balaban J connectivity index is 1.43. The van der Waals surface area contributed by atoms with Crippen molar-refractivity contribution in [2.24, 2.45) is 0 Å². The van der Waals surface area contributed by atoms with Gasteiger partial charge in [-0.25, -0.2) is 13.4 Å². The van der Waals surface area contributed by atoms with Crippen molar-refractivity contribution in [3.8, 4) is 11.5 Å². The van der Waals surface area contributed by atoms with Crippen molar-refractivity contribution in [1.82, 2.24) is 9.29 Å². The van der Waals surface area contributed by atoms with Crippen molar-refractivity contribution in [3.05, 3.63) is 63.1 Å². The van der Waals surface area contributed by atoms with Crippen molar-refractivity contribution in [2.45, 2.75) is 11.3 Å². The lowest BCUT2D eigenvalue weighted by molar-refractivity contribution is 0.384. The molecule has 0 radical (unpaired) electrons. The molecule has 0 amide bonds. The summed E-state index contributed by atoms with van der Waals surface area (Å²) in [6, 6.07) is 10.4. The van der Waals surface area contributed by atoms with E-state index >= 15 is 0 Å². The van der Waals surface area contributed by atoms with Crippen LogP contribution in [0.2, 0.25) is 10.0 Å². The van der Waals surface area contributed by atoms with Crippen LogP contribution >= 0.6 is 34.5 Å². The summed E-state index contributed by atoms with van der Waals surface area (Å²) in [7, 11) is -0.471. The normalized spacial score (nSPS) is 15.0. The number of aromatic nitrogens is 1. The van der Waals surface area contributed by atoms with Crippen LogP contribution in [0.4, 0.5) is 5.13 Å². The van der Waals surface area contributed by atoms with Crippen molar-refractivity contribution in [3.63, 3.8) is 0 Å². The van der Waals surface area contributed by atoms with Gasteiger partial charge in [0.2, 0.25) is 10.0 Å². The summed E-state index contributed by atoms with van der Waals surface area (Å²) in [5.74, 6) is 1.47. The molecule has 2 aromatic carbocycles. The van der Waals surface area contributed by atoms with Crippen molar-refractivity contribution in [2.75, 3.05) is 45.3 Å². The van der Waals surface area contributed by atoms with Crippen molar-refractivity contribution in [1.29, 1.82) is 0 Å². The number of thiazole rings is 1. The van der Waals surface area contributed by atoms with Crippen LogP contribution in [0.15, 0.2) is 46.7 Å². The number of halogens is 2. The molecule has 1 saturated heterocycles. The minimum atomic E-state index is -3.72. The molecule has 7 nitrogen and oxygen atoms in total. The highest BCUT2D eigenvalue weighted by atomic mass is 35.5. The minimum Gasteiger partial charge on any atom is -0.497 e. The molecular formula is C22H23Cl2N3O4S2. The van der Waals surface area contributed by atoms with E-state index in [-0.39, 0.29) is 14.9 Å². The van der Waals surface area contributed by atoms with E-state index in [1.807, 2.05) is 23.6 Å². The number of piperazine rings is 1. The maximum Gasteiger partial charge on any atom is 0.244 e.